The molecule has 0 atom stereocenters. The normalized spacial score (nSPS) is 15.1. The van der Waals surface area contributed by atoms with Gasteiger partial charge in [-0.25, -0.2) is 4.98 Å². The zero-order valence-electron chi connectivity index (χ0n) is 20.5. The van der Waals surface area contributed by atoms with Crippen LogP contribution in [0, 0.1) is 0 Å². The number of benzene rings is 1. The molecule has 1 fully saturated rings. The highest BCUT2D eigenvalue weighted by molar-refractivity contribution is 6.42. The van der Waals surface area contributed by atoms with Crippen LogP contribution in [0.2, 0.25) is 10.0 Å². The first-order valence-corrected chi connectivity index (χ1v) is 12.7. The average molecular weight is 522 g/mol. The van der Waals surface area contributed by atoms with Crippen molar-refractivity contribution >= 4 is 40.2 Å². The van der Waals surface area contributed by atoms with Gasteiger partial charge in [-0.3, -0.25) is 19.4 Å². The first kappa shape index (κ1) is 25.9. The van der Waals surface area contributed by atoms with Gasteiger partial charge in [-0.15, -0.1) is 0 Å². The van der Waals surface area contributed by atoms with Crippen LogP contribution in [0.5, 0.6) is 0 Å². The maximum Gasteiger partial charge on any atom is 0.278 e. The van der Waals surface area contributed by atoms with Gasteiger partial charge in [0.25, 0.3) is 5.56 Å². The fourth-order valence-corrected chi connectivity index (χ4v) is 4.38. The largest absolute Gasteiger partial charge is 0.378 e. The molecular weight excluding hydrogens is 489 g/mol. The summed E-state index contributed by atoms with van der Waals surface area (Å²) in [6.07, 6.45) is 0. The maximum atomic E-state index is 13.1. The highest BCUT2D eigenvalue weighted by Gasteiger charge is 2.25. The number of anilines is 1. The number of H-pyrrole nitrogens is 1. The number of hydrogen-bond donors (Lipinski definition) is 3. The summed E-state index contributed by atoms with van der Waals surface area (Å²) in [5, 5.41) is 12.3. The molecule has 4 rings (SSSR count). The molecule has 0 saturated carbocycles. The van der Waals surface area contributed by atoms with E-state index < -0.39 is 0 Å². The molecule has 11 heteroatoms. The Kier molecular flexibility index (Phi) is 8.34. The van der Waals surface area contributed by atoms with E-state index in [1.807, 2.05) is 6.07 Å². The van der Waals surface area contributed by atoms with Gasteiger partial charge in [0, 0.05) is 44.7 Å². The average Bonchev–Trinajstić information content (AvgIpc) is 3.20. The molecule has 1 saturated heterocycles. The van der Waals surface area contributed by atoms with E-state index in [2.05, 4.69) is 41.3 Å². The Morgan fingerprint density at radius 1 is 1.11 bits per heavy atom. The Labute approximate surface area is 215 Å². The first-order chi connectivity index (χ1) is 16.7. The molecule has 0 amide bonds. The Balaban J connectivity index is 1.47. The topological polar surface area (TPSA) is 100 Å². The Bertz CT molecular complexity index is 1210. The van der Waals surface area contributed by atoms with E-state index in [1.54, 1.807) is 16.8 Å². The minimum Gasteiger partial charge on any atom is -0.378 e. The molecule has 9 nitrogen and oxygen atoms in total. The lowest BCUT2D eigenvalue weighted by atomic mass is 9.91. The summed E-state index contributed by atoms with van der Waals surface area (Å²) in [6.45, 7) is 13.3. The molecule has 3 aromatic rings. The molecule has 35 heavy (non-hydrogen) atoms. The van der Waals surface area contributed by atoms with Crippen LogP contribution in [0.15, 0.2) is 23.0 Å². The quantitative estimate of drug-likeness (QED) is 0.371. The van der Waals surface area contributed by atoms with Crippen LogP contribution in [0.1, 0.15) is 32.0 Å². The third-order valence-corrected chi connectivity index (χ3v) is 6.70. The minimum absolute atomic E-state index is 0.240. The zero-order chi connectivity index (χ0) is 25.0. The SMILES string of the molecule is CC(C)(C)c1nn(CCOCCN2CCNCC2)c2c(=O)[nH]c(NCc3ccc(Cl)c(Cl)c3)nc12. The van der Waals surface area contributed by atoms with Crippen LogP contribution < -0.4 is 16.2 Å². The fraction of sp³-hybridized carbons (Fsp3) is 0.542. The first-order valence-electron chi connectivity index (χ1n) is 11.9. The number of hydrogen-bond acceptors (Lipinski definition) is 7. The predicted molar refractivity (Wildman–Crippen MR) is 141 cm³/mol. The van der Waals surface area contributed by atoms with Gasteiger partial charge in [-0.1, -0.05) is 50.0 Å². The van der Waals surface area contributed by atoms with E-state index >= 15 is 0 Å². The number of nitrogens with one attached hydrogen (secondary N) is 3. The number of nitrogens with zero attached hydrogens (tertiary/aromatic N) is 4. The molecule has 0 radical (unpaired) electrons. The summed E-state index contributed by atoms with van der Waals surface area (Å²) in [5.74, 6) is 0.380. The Morgan fingerprint density at radius 2 is 1.86 bits per heavy atom. The van der Waals surface area contributed by atoms with E-state index in [0.29, 0.717) is 53.3 Å². The number of halogens is 2. The Hall–Kier alpha value is -2.17. The minimum atomic E-state index is -0.283. The molecular formula is C24H33Cl2N7O2. The van der Waals surface area contributed by atoms with Crippen LogP contribution in [0.25, 0.3) is 11.0 Å². The van der Waals surface area contributed by atoms with Gasteiger partial charge in [-0.2, -0.15) is 5.10 Å². The third-order valence-electron chi connectivity index (χ3n) is 5.96. The van der Waals surface area contributed by atoms with Gasteiger partial charge in [0.1, 0.15) is 5.52 Å². The summed E-state index contributed by atoms with van der Waals surface area (Å²) >= 11 is 12.1. The monoisotopic (exact) mass is 521 g/mol. The lowest BCUT2D eigenvalue weighted by molar-refractivity contribution is 0.0925. The number of fused-ring (bicyclic) bond motifs is 1. The third kappa shape index (κ3) is 6.54. The van der Waals surface area contributed by atoms with Crippen molar-refractivity contribution in [2.24, 2.45) is 0 Å². The van der Waals surface area contributed by atoms with Crippen molar-refractivity contribution in [3.63, 3.8) is 0 Å². The molecule has 3 N–H and O–H groups in total. The number of rotatable bonds is 9. The second kappa shape index (κ2) is 11.3. The molecule has 0 spiro atoms. The summed E-state index contributed by atoms with van der Waals surface area (Å²) in [5.41, 5.74) is 2.23. The van der Waals surface area contributed by atoms with Crippen molar-refractivity contribution in [3.8, 4) is 0 Å². The van der Waals surface area contributed by atoms with E-state index in [1.165, 1.54) is 0 Å². The van der Waals surface area contributed by atoms with Gasteiger partial charge in [0.15, 0.2) is 5.52 Å². The summed E-state index contributed by atoms with van der Waals surface area (Å²) in [6, 6.07) is 5.40. The van der Waals surface area contributed by atoms with Crippen LogP contribution in [0.3, 0.4) is 0 Å². The molecule has 0 aliphatic carbocycles. The molecule has 2 aromatic heterocycles. The second-order valence-corrected chi connectivity index (χ2v) is 10.6. The van der Waals surface area contributed by atoms with Crippen LogP contribution in [0.4, 0.5) is 5.95 Å². The molecule has 1 aliphatic rings. The second-order valence-electron chi connectivity index (χ2n) is 9.74. The van der Waals surface area contributed by atoms with Crippen LogP contribution in [-0.4, -0.2) is 70.6 Å². The highest BCUT2D eigenvalue weighted by Crippen LogP contribution is 2.27. The Morgan fingerprint density at radius 3 is 2.57 bits per heavy atom. The van der Waals surface area contributed by atoms with Crippen LogP contribution in [-0.2, 0) is 23.2 Å². The fourth-order valence-electron chi connectivity index (χ4n) is 4.06. The van der Waals surface area contributed by atoms with E-state index in [4.69, 9.17) is 38.0 Å². The molecule has 190 valence electrons. The van der Waals surface area contributed by atoms with Crippen LogP contribution >= 0.6 is 23.2 Å². The van der Waals surface area contributed by atoms with E-state index in [9.17, 15) is 4.79 Å². The van der Waals surface area contributed by atoms with Crippen molar-refractivity contribution in [3.05, 3.63) is 49.9 Å². The summed E-state index contributed by atoms with van der Waals surface area (Å²) in [4.78, 5) is 23.0. The number of piperazine rings is 1. The van der Waals surface area contributed by atoms with E-state index in [0.717, 1.165) is 44.0 Å². The van der Waals surface area contributed by atoms with Gasteiger partial charge in [0.2, 0.25) is 5.95 Å². The molecule has 0 unspecified atom stereocenters. The summed E-state index contributed by atoms with van der Waals surface area (Å²) in [7, 11) is 0. The lowest BCUT2D eigenvalue weighted by Gasteiger charge is -2.26. The standard InChI is InChI=1S/C24H33Cl2N7O2/c1-24(2,3)21-19-20(33(31-21)11-13-35-12-10-32-8-6-27-7-9-32)22(34)30-23(29-19)28-15-16-4-5-17(25)18(26)14-16/h4-5,14,27H,6-13,15H2,1-3H3,(H2,28,29,30,34). The predicted octanol–water partition coefficient (Wildman–Crippen LogP) is 3.26. The number of aromatic amines is 1. The zero-order valence-corrected chi connectivity index (χ0v) is 22.0. The maximum absolute atomic E-state index is 13.1. The molecule has 1 aliphatic heterocycles. The lowest BCUT2D eigenvalue weighted by Crippen LogP contribution is -2.44. The van der Waals surface area contributed by atoms with Gasteiger partial charge >= 0.3 is 0 Å². The van der Waals surface area contributed by atoms with Gasteiger partial charge in [0.05, 0.1) is 35.5 Å². The van der Waals surface area contributed by atoms with Crippen molar-refractivity contribution < 1.29 is 4.74 Å². The molecule has 3 heterocycles. The van der Waals surface area contributed by atoms with Gasteiger partial charge < -0.3 is 15.4 Å². The van der Waals surface area contributed by atoms with Gasteiger partial charge in [-0.05, 0) is 17.7 Å². The smallest absolute Gasteiger partial charge is 0.278 e. The number of ether oxygens (including phenoxy) is 1. The van der Waals surface area contributed by atoms with Crippen molar-refractivity contribution in [2.75, 3.05) is 51.3 Å². The highest BCUT2D eigenvalue weighted by atomic mass is 35.5. The summed E-state index contributed by atoms with van der Waals surface area (Å²) < 4.78 is 7.58. The molecule has 1 aromatic carbocycles. The van der Waals surface area contributed by atoms with E-state index in [-0.39, 0.29) is 11.0 Å². The van der Waals surface area contributed by atoms with Crippen molar-refractivity contribution in [2.45, 2.75) is 39.3 Å². The number of aromatic nitrogens is 4. The molecule has 0 bridgehead atoms. The van der Waals surface area contributed by atoms with Crippen molar-refractivity contribution in [1.82, 2.24) is 30.0 Å². The van der Waals surface area contributed by atoms with Crippen molar-refractivity contribution in [1.29, 1.82) is 0 Å².